The molecule has 4 rings (SSSR count). The molecule has 0 atom stereocenters. The standard InChI is InChI=1S/C22H28N6OS/c1-5-14(13-23-2)15-6-7-17(18(29)12-15)19-24-20-21(25-19)30-22(26-20)28(4)16-8-10-27(3)11-9-16/h5-7,12-13,16,23,29H,1,8-11H2,2-4H3,(H,24,25)/b14-13+. The second-order valence-corrected chi connectivity index (χ2v) is 8.66. The first-order valence-electron chi connectivity index (χ1n) is 10.1. The van der Waals surface area contributed by atoms with E-state index in [1.807, 2.05) is 25.4 Å². The molecule has 0 radical (unpaired) electrons. The second kappa shape index (κ2) is 8.49. The highest BCUT2D eigenvalue weighted by molar-refractivity contribution is 7.21. The number of nitrogens with zero attached hydrogens (tertiary/aromatic N) is 4. The zero-order valence-corrected chi connectivity index (χ0v) is 18.5. The summed E-state index contributed by atoms with van der Waals surface area (Å²) in [5, 5.41) is 14.6. The zero-order chi connectivity index (χ0) is 21.3. The van der Waals surface area contributed by atoms with Gasteiger partial charge < -0.3 is 25.2 Å². The number of thiazole rings is 1. The van der Waals surface area contributed by atoms with Crippen molar-refractivity contribution in [2.75, 3.05) is 39.1 Å². The van der Waals surface area contributed by atoms with E-state index < -0.39 is 0 Å². The van der Waals surface area contributed by atoms with Gasteiger partial charge in [-0.25, -0.2) is 9.97 Å². The van der Waals surface area contributed by atoms with E-state index in [4.69, 9.17) is 9.97 Å². The van der Waals surface area contributed by atoms with E-state index in [9.17, 15) is 5.11 Å². The Morgan fingerprint density at radius 3 is 2.77 bits per heavy atom. The molecule has 0 saturated carbocycles. The Labute approximate surface area is 180 Å². The van der Waals surface area contributed by atoms with E-state index in [0.717, 1.165) is 52.7 Å². The van der Waals surface area contributed by atoms with Crippen molar-refractivity contribution in [2.45, 2.75) is 18.9 Å². The van der Waals surface area contributed by atoms with E-state index in [-0.39, 0.29) is 5.75 Å². The van der Waals surface area contributed by atoms with Crippen molar-refractivity contribution in [3.63, 3.8) is 0 Å². The Bertz CT molecular complexity index is 1050. The fraction of sp³-hybridized carbons (Fsp3) is 0.364. The maximum atomic E-state index is 10.6. The van der Waals surface area contributed by atoms with E-state index >= 15 is 0 Å². The summed E-state index contributed by atoms with van der Waals surface area (Å²) in [5.41, 5.74) is 3.20. The molecule has 0 amide bonds. The van der Waals surface area contributed by atoms with E-state index in [1.165, 1.54) is 0 Å². The first-order chi connectivity index (χ1) is 14.5. The number of hydrogen-bond acceptors (Lipinski definition) is 7. The van der Waals surface area contributed by atoms with Crippen LogP contribution in [0, 0.1) is 0 Å². The monoisotopic (exact) mass is 424 g/mol. The molecule has 3 heterocycles. The van der Waals surface area contributed by atoms with Crippen molar-refractivity contribution in [1.29, 1.82) is 0 Å². The van der Waals surface area contributed by atoms with Crippen molar-refractivity contribution in [1.82, 2.24) is 25.2 Å². The molecule has 158 valence electrons. The second-order valence-electron chi connectivity index (χ2n) is 7.71. The summed E-state index contributed by atoms with van der Waals surface area (Å²) in [6.07, 6.45) is 5.89. The number of likely N-dealkylation sites (tertiary alicyclic amines) is 1. The Balaban J connectivity index is 1.57. The van der Waals surface area contributed by atoms with Crippen LogP contribution in [-0.4, -0.2) is 65.2 Å². The van der Waals surface area contributed by atoms with Crippen molar-refractivity contribution < 1.29 is 5.11 Å². The van der Waals surface area contributed by atoms with Gasteiger partial charge >= 0.3 is 0 Å². The summed E-state index contributed by atoms with van der Waals surface area (Å²) in [7, 11) is 6.12. The lowest BCUT2D eigenvalue weighted by Crippen LogP contribution is -2.41. The van der Waals surface area contributed by atoms with Crippen LogP contribution in [0.25, 0.3) is 27.4 Å². The average molecular weight is 425 g/mol. The number of hydrogen-bond donors (Lipinski definition) is 3. The molecule has 0 bridgehead atoms. The number of nitrogens with one attached hydrogen (secondary N) is 2. The van der Waals surface area contributed by atoms with Crippen molar-refractivity contribution >= 4 is 32.5 Å². The molecule has 1 aliphatic rings. The number of phenolic OH excluding ortho intramolecular Hbond substituents is 1. The van der Waals surface area contributed by atoms with Gasteiger partial charge in [0.15, 0.2) is 15.6 Å². The molecule has 3 aromatic rings. The molecule has 7 nitrogen and oxygen atoms in total. The lowest BCUT2D eigenvalue weighted by molar-refractivity contribution is 0.253. The number of phenols is 1. The van der Waals surface area contributed by atoms with Crippen LogP contribution in [0.1, 0.15) is 18.4 Å². The molecular weight excluding hydrogens is 396 g/mol. The van der Waals surface area contributed by atoms with Gasteiger partial charge in [0.1, 0.15) is 11.6 Å². The Kier molecular flexibility index (Phi) is 5.78. The number of allylic oxidation sites excluding steroid dienone is 2. The van der Waals surface area contributed by atoms with Crippen molar-refractivity contribution in [3.8, 4) is 17.1 Å². The Morgan fingerprint density at radius 1 is 1.37 bits per heavy atom. The number of H-pyrrole nitrogens is 1. The highest BCUT2D eigenvalue weighted by atomic mass is 32.1. The minimum atomic E-state index is 0.168. The van der Waals surface area contributed by atoms with Gasteiger partial charge in [-0.05, 0) is 56.2 Å². The number of aromatic hydroxyl groups is 1. The van der Waals surface area contributed by atoms with E-state index in [1.54, 1.807) is 23.5 Å². The first-order valence-corrected chi connectivity index (χ1v) is 10.9. The summed E-state index contributed by atoms with van der Waals surface area (Å²) in [4.78, 5) is 18.2. The third-order valence-corrected chi connectivity index (χ3v) is 6.73. The molecule has 1 fully saturated rings. The maximum absolute atomic E-state index is 10.6. The summed E-state index contributed by atoms with van der Waals surface area (Å²) in [6, 6.07) is 6.05. The number of aromatic amines is 1. The summed E-state index contributed by atoms with van der Waals surface area (Å²) >= 11 is 1.59. The third-order valence-electron chi connectivity index (χ3n) is 5.69. The number of anilines is 1. The van der Waals surface area contributed by atoms with Crippen molar-refractivity contribution in [3.05, 3.63) is 42.6 Å². The average Bonchev–Trinajstić information content (AvgIpc) is 3.31. The molecule has 1 aromatic carbocycles. The first kappa shape index (κ1) is 20.4. The number of rotatable bonds is 6. The van der Waals surface area contributed by atoms with Gasteiger partial charge in [0, 0.05) is 26.3 Å². The van der Waals surface area contributed by atoms with Crippen LogP contribution < -0.4 is 10.2 Å². The number of benzene rings is 1. The number of imidazole rings is 1. The normalized spacial score (nSPS) is 16.2. The minimum absolute atomic E-state index is 0.168. The Hall–Kier alpha value is -2.84. The largest absolute Gasteiger partial charge is 0.507 e. The van der Waals surface area contributed by atoms with Gasteiger partial charge in [-0.3, -0.25) is 0 Å². The predicted octanol–water partition coefficient (Wildman–Crippen LogP) is 3.67. The number of fused-ring (bicyclic) bond motifs is 1. The predicted molar refractivity (Wildman–Crippen MR) is 125 cm³/mol. The zero-order valence-electron chi connectivity index (χ0n) is 17.6. The van der Waals surface area contributed by atoms with Gasteiger partial charge in [-0.2, -0.15) is 0 Å². The molecule has 0 spiro atoms. The molecule has 1 aliphatic heterocycles. The van der Waals surface area contributed by atoms with Crippen LogP contribution in [0.5, 0.6) is 5.75 Å². The molecule has 0 aliphatic carbocycles. The molecule has 2 aromatic heterocycles. The number of piperidine rings is 1. The molecule has 1 saturated heterocycles. The maximum Gasteiger partial charge on any atom is 0.189 e. The molecule has 8 heteroatoms. The number of aromatic nitrogens is 3. The lowest BCUT2D eigenvalue weighted by Gasteiger charge is -2.34. The fourth-order valence-electron chi connectivity index (χ4n) is 3.84. The van der Waals surface area contributed by atoms with Crippen LogP contribution in [0.3, 0.4) is 0 Å². The lowest BCUT2D eigenvalue weighted by atomic mass is 10.0. The molecule has 30 heavy (non-hydrogen) atoms. The molecule has 0 unspecified atom stereocenters. The van der Waals surface area contributed by atoms with Gasteiger partial charge in [-0.15, -0.1) is 0 Å². The topological polar surface area (TPSA) is 80.3 Å². The molecule has 3 N–H and O–H groups in total. The van der Waals surface area contributed by atoms with Gasteiger partial charge in [0.2, 0.25) is 0 Å². The van der Waals surface area contributed by atoms with Crippen LogP contribution in [-0.2, 0) is 0 Å². The van der Waals surface area contributed by atoms with Crippen LogP contribution in [0.2, 0.25) is 0 Å². The molecular formula is C22H28N6OS. The van der Waals surface area contributed by atoms with Gasteiger partial charge in [0.05, 0.1) is 5.56 Å². The summed E-state index contributed by atoms with van der Waals surface area (Å²) in [5.74, 6) is 0.792. The Morgan fingerprint density at radius 2 is 2.13 bits per heavy atom. The van der Waals surface area contributed by atoms with E-state index in [0.29, 0.717) is 17.4 Å². The smallest absolute Gasteiger partial charge is 0.189 e. The van der Waals surface area contributed by atoms with Crippen LogP contribution >= 0.6 is 11.3 Å². The third kappa shape index (κ3) is 3.93. The minimum Gasteiger partial charge on any atom is -0.507 e. The van der Waals surface area contributed by atoms with Crippen LogP contribution in [0.4, 0.5) is 5.13 Å². The quantitative estimate of drug-likeness (QED) is 0.524. The summed E-state index contributed by atoms with van der Waals surface area (Å²) < 4.78 is 0. The highest BCUT2D eigenvalue weighted by Gasteiger charge is 2.24. The van der Waals surface area contributed by atoms with Gasteiger partial charge in [-0.1, -0.05) is 30.1 Å². The van der Waals surface area contributed by atoms with Crippen molar-refractivity contribution in [2.24, 2.45) is 0 Å². The SMILES string of the molecule is C=C/C(=C\NC)c1ccc(-c2nc3sc(N(C)C4CCN(C)CC4)nc3[nH]2)c(O)c1. The summed E-state index contributed by atoms with van der Waals surface area (Å²) in [6.45, 7) is 6.06. The fourth-order valence-corrected chi connectivity index (χ4v) is 4.78. The van der Waals surface area contributed by atoms with Gasteiger partial charge in [0.25, 0.3) is 0 Å². The van der Waals surface area contributed by atoms with Crippen LogP contribution in [0.15, 0.2) is 37.1 Å². The highest BCUT2D eigenvalue weighted by Crippen LogP contribution is 2.35. The van der Waals surface area contributed by atoms with E-state index in [2.05, 4.69) is 40.8 Å².